The van der Waals surface area contributed by atoms with Gasteiger partial charge in [0.15, 0.2) is 6.61 Å². The molecular weight excluding hydrogens is 304 g/mol. The van der Waals surface area contributed by atoms with E-state index in [4.69, 9.17) is 4.74 Å². The third kappa shape index (κ3) is 5.12. The number of hydrogen-bond acceptors (Lipinski definition) is 4. The fourth-order valence-electron chi connectivity index (χ4n) is 2.08. The lowest BCUT2D eigenvalue weighted by molar-refractivity contribution is -0.123. The average Bonchev–Trinajstić information content (AvgIpc) is 2.61. The Labute approximate surface area is 142 Å². The van der Waals surface area contributed by atoms with Crippen LogP contribution < -0.4 is 10.2 Å². The first-order valence-electron chi connectivity index (χ1n) is 7.92. The lowest BCUT2D eigenvalue weighted by Gasteiger charge is -2.10. The Bertz CT molecular complexity index is 696. The summed E-state index contributed by atoms with van der Waals surface area (Å²) in [5.74, 6) is 0.883. The minimum absolute atomic E-state index is 0.105. The molecule has 0 bridgehead atoms. The lowest BCUT2D eigenvalue weighted by Crippen LogP contribution is -2.24. The number of hydrazone groups is 1. The Morgan fingerprint density at radius 1 is 1.25 bits per heavy atom. The van der Waals surface area contributed by atoms with Crippen molar-refractivity contribution in [2.75, 3.05) is 6.61 Å². The molecule has 0 aliphatic rings. The molecule has 0 aromatic heterocycles. The summed E-state index contributed by atoms with van der Waals surface area (Å²) in [5, 5.41) is 13.4. The number of aromatic hydroxyl groups is 1. The second-order valence-electron chi connectivity index (χ2n) is 5.52. The third-order valence-electron chi connectivity index (χ3n) is 3.76. The van der Waals surface area contributed by atoms with Crippen molar-refractivity contribution in [2.45, 2.75) is 26.2 Å². The minimum atomic E-state index is -0.368. The van der Waals surface area contributed by atoms with Crippen LogP contribution in [0.4, 0.5) is 0 Å². The van der Waals surface area contributed by atoms with Crippen LogP contribution in [0.2, 0.25) is 0 Å². The maximum absolute atomic E-state index is 11.7. The lowest BCUT2D eigenvalue weighted by atomic mass is 9.99. The molecule has 2 aromatic rings. The van der Waals surface area contributed by atoms with Crippen molar-refractivity contribution in [1.29, 1.82) is 0 Å². The van der Waals surface area contributed by atoms with E-state index >= 15 is 0 Å². The summed E-state index contributed by atoms with van der Waals surface area (Å²) in [5.41, 5.74) is 4.14. The first-order chi connectivity index (χ1) is 11.6. The summed E-state index contributed by atoms with van der Waals surface area (Å²) >= 11 is 0. The standard InChI is InChI=1S/C19H22N2O3/c1-3-14(2)15-8-10-17(11-9-15)24-13-19(23)21-20-12-16-6-4-5-7-18(16)22/h4-12,14,22H,3,13H2,1-2H3,(H,21,23)/b20-12+. The largest absolute Gasteiger partial charge is 0.507 e. The molecule has 0 heterocycles. The van der Waals surface area contributed by atoms with Gasteiger partial charge < -0.3 is 9.84 Å². The van der Waals surface area contributed by atoms with Gasteiger partial charge in [0, 0.05) is 5.56 Å². The molecule has 1 unspecified atom stereocenters. The second-order valence-corrected chi connectivity index (χ2v) is 5.52. The van der Waals surface area contributed by atoms with Crippen LogP contribution in [0.15, 0.2) is 53.6 Å². The van der Waals surface area contributed by atoms with Crippen LogP contribution in [-0.4, -0.2) is 23.8 Å². The van der Waals surface area contributed by atoms with Gasteiger partial charge in [0.1, 0.15) is 11.5 Å². The van der Waals surface area contributed by atoms with E-state index in [2.05, 4.69) is 24.4 Å². The molecule has 1 amide bonds. The summed E-state index contributed by atoms with van der Waals surface area (Å²) in [4.78, 5) is 11.7. The van der Waals surface area contributed by atoms with Gasteiger partial charge in [-0.2, -0.15) is 5.10 Å². The Morgan fingerprint density at radius 2 is 1.96 bits per heavy atom. The van der Waals surface area contributed by atoms with Gasteiger partial charge in [0.25, 0.3) is 5.91 Å². The van der Waals surface area contributed by atoms with E-state index in [1.165, 1.54) is 11.8 Å². The van der Waals surface area contributed by atoms with E-state index < -0.39 is 0 Å². The van der Waals surface area contributed by atoms with Gasteiger partial charge in [-0.1, -0.05) is 38.1 Å². The fourth-order valence-corrected chi connectivity index (χ4v) is 2.08. The molecule has 5 nitrogen and oxygen atoms in total. The number of hydrogen-bond donors (Lipinski definition) is 2. The van der Waals surface area contributed by atoms with Gasteiger partial charge in [-0.05, 0) is 42.2 Å². The van der Waals surface area contributed by atoms with E-state index in [9.17, 15) is 9.90 Å². The third-order valence-corrected chi connectivity index (χ3v) is 3.76. The van der Waals surface area contributed by atoms with Crippen molar-refractivity contribution in [1.82, 2.24) is 5.43 Å². The molecule has 0 fully saturated rings. The monoisotopic (exact) mass is 326 g/mol. The average molecular weight is 326 g/mol. The number of nitrogens with one attached hydrogen (secondary N) is 1. The number of ether oxygens (including phenoxy) is 1. The van der Waals surface area contributed by atoms with Crippen molar-refractivity contribution >= 4 is 12.1 Å². The molecule has 2 rings (SSSR count). The van der Waals surface area contributed by atoms with Crippen molar-refractivity contribution in [3.63, 3.8) is 0 Å². The fraction of sp³-hybridized carbons (Fsp3) is 0.263. The van der Waals surface area contributed by atoms with Crippen molar-refractivity contribution in [3.05, 3.63) is 59.7 Å². The molecule has 126 valence electrons. The van der Waals surface area contributed by atoms with E-state index in [-0.39, 0.29) is 18.3 Å². The van der Waals surface area contributed by atoms with Gasteiger partial charge in [-0.3, -0.25) is 4.79 Å². The quantitative estimate of drug-likeness (QED) is 0.605. The zero-order valence-corrected chi connectivity index (χ0v) is 13.9. The Morgan fingerprint density at radius 3 is 2.62 bits per heavy atom. The maximum Gasteiger partial charge on any atom is 0.277 e. The highest BCUT2D eigenvalue weighted by atomic mass is 16.5. The molecule has 0 aliphatic carbocycles. The molecule has 0 saturated heterocycles. The number of carbonyl (C=O) groups is 1. The van der Waals surface area contributed by atoms with Crippen LogP contribution in [0.1, 0.15) is 37.3 Å². The molecule has 2 N–H and O–H groups in total. The van der Waals surface area contributed by atoms with Crippen LogP contribution in [0.25, 0.3) is 0 Å². The van der Waals surface area contributed by atoms with E-state index in [0.29, 0.717) is 17.2 Å². The summed E-state index contributed by atoms with van der Waals surface area (Å²) in [7, 11) is 0. The number of benzene rings is 2. The number of phenolic OH excluding ortho intramolecular Hbond substituents is 1. The minimum Gasteiger partial charge on any atom is -0.507 e. The number of para-hydroxylation sites is 1. The predicted molar refractivity (Wildman–Crippen MR) is 94.5 cm³/mol. The number of phenols is 1. The van der Waals surface area contributed by atoms with Crippen LogP contribution in [0.5, 0.6) is 11.5 Å². The highest BCUT2D eigenvalue weighted by Crippen LogP contribution is 2.21. The molecule has 1 atom stereocenters. The van der Waals surface area contributed by atoms with Gasteiger partial charge in [-0.25, -0.2) is 5.43 Å². The van der Waals surface area contributed by atoms with Gasteiger partial charge in [-0.15, -0.1) is 0 Å². The SMILES string of the molecule is CCC(C)c1ccc(OCC(=O)N/N=C/c2ccccc2O)cc1. The second kappa shape index (κ2) is 8.72. The van der Waals surface area contributed by atoms with E-state index in [1.54, 1.807) is 24.3 Å². The van der Waals surface area contributed by atoms with Crippen molar-refractivity contribution < 1.29 is 14.6 Å². The van der Waals surface area contributed by atoms with Crippen LogP contribution in [-0.2, 0) is 4.79 Å². The normalized spacial score (nSPS) is 12.1. The molecular formula is C19H22N2O3. The molecule has 0 saturated carbocycles. The Kier molecular flexibility index (Phi) is 6.37. The zero-order chi connectivity index (χ0) is 17.4. The summed E-state index contributed by atoms with van der Waals surface area (Å²) < 4.78 is 5.43. The number of amides is 1. The van der Waals surface area contributed by atoms with Gasteiger partial charge in [0.2, 0.25) is 0 Å². The molecule has 0 spiro atoms. The molecule has 2 aromatic carbocycles. The first kappa shape index (κ1) is 17.5. The Hall–Kier alpha value is -2.82. The highest BCUT2D eigenvalue weighted by Gasteiger charge is 2.05. The number of carbonyl (C=O) groups excluding carboxylic acids is 1. The maximum atomic E-state index is 11.7. The van der Waals surface area contributed by atoms with Crippen LogP contribution in [0, 0.1) is 0 Å². The van der Waals surface area contributed by atoms with Crippen LogP contribution in [0.3, 0.4) is 0 Å². The molecule has 5 heteroatoms. The molecule has 24 heavy (non-hydrogen) atoms. The topological polar surface area (TPSA) is 70.9 Å². The van der Waals surface area contributed by atoms with Gasteiger partial charge >= 0.3 is 0 Å². The Balaban J connectivity index is 1.80. The van der Waals surface area contributed by atoms with E-state index in [0.717, 1.165) is 6.42 Å². The summed E-state index contributed by atoms with van der Waals surface area (Å²) in [6, 6.07) is 14.5. The summed E-state index contributed by atoms with van der Waals surface area (Å²) in [6.07, 6.45) is 2.46. The van der Waals surface area contributed by atoms with Crippen molar-refractivity contribution in [2.24, 2.45) is 5.10 Å². The zero-order valence-electron chi connectivity index (χ0n) is 13.9. The predicted octanol–water partition coefficient (Wildman–Crippen LogP) is 3.43. The molecule has 0 radical (unpaired) electrons. The summed E-state index contributed by atoms with van der Waals surface area (Å²) in [6.45, 7) is 4.20. The first-order valence-corrected chi connectivity index (χ1v) is 7.92. The van der Waals surface area contributed by atoms with Crippen molar-refractivity contribution in [3.8, 4) is 11.5 Å². The number of rotatable bonds is 7. The van der Waals surface area contributed by atoms with Crippen LogP contribution >= 0.6 is 0 Å². The molecule has 0 aliphatic heterocycles. The smallest absolute Gasteiger partial charge is 0.277 e. The number of nitrogens with zero attached hydrogens (tertiary/aromatic N) is 1. The highest BCUT2D eigenvalue weighted by molar-refractivity contribution is 5.85. The van der Waals surface area contributed by atoms with Gasteiger partial charge in [0.05, 0.1) is 6.21 Å². The van der Waals surface area contributed by atoms with E-state index in [1.807, 2.05) is 24.3 Å².